The number of hydrogen-bond donors (Lipinski definition) is 0. The van der Waals surface area contributed by atoms with E-state index in [0.29, 0.717) is 11.8 Å². The van der Waals surface area contributed by atoms with Gasteiger partial charge in [-0.25, -0.2) is 0 Å². The van der Waals surface area contributed by atoms with Gasteiger partial charge in [0, 0.05) is 5.92 Å². The van der Waals surface area contributed by atoms with Crippen LogP contribution < -0.4 is 0 Å². The van der Waals surface area contributed by atoms with Crippen molar-refractivity contribution in [1.82, 2.24) is 0 Å². The van der Waals surface area contributed by atoms with Crippen LogP contribution in [0.1, 0.15) is 45.1 Å². The number of aldehydes is 1. The van der Waals surface area contributed by atoms with Crippen molar-refractivity contribution in [3.05, 3.63) is 59.2 Å². The highest BCUT2D eigenvalue weighted by molar-refractivity contribution is 5.58. The van der Waals surface area contributed by atoms with Gasteiger partial charge in [0.1, 0.15) is 6.29 Å². The zero-order valence-electron chi connectivity index (χ0n) is 12.7. The van der Waals surface area contributed by atoms with Crippen LogP contribution in [-0.4, -0.2) is 6.29 Å². The Balaban J connectivity index is 2.28. The fourth-order valence-corrected chi connectivity index (χ4v) is 3.16. The Labute approximate surface area is 122 Å². The van der Waals surface area contributed by atoms with Crippen molar-refractivity contribution in [3.63, 3.8) is 0 Å². The fourth-order valence-electron chi connectivity index (χ4n) is 3.16. The summed E-state index contributed by atoms with van der Waals surface area (Å²) in [5.74, 6) is 0.771. The number of benzene rings is 1. The lowest BCUT2D eigenvalue weighted by Crippen LogP contribution is -2.27. The molecule has 0 fully saturated rings. The third kappa shape index (κ3) is 3.27. The molecule has 106 valence electrons. The average molecular weight is 268 g/mol. The number of hydrogen-bond acceptors (Lipinski definition) is 1. The molecular weight excluding hydrogens is 244 g/mol. The molecule has 0 spiro atoms. The summed E-state index contributed by atoms with van der Waals surface area (Å²) in [5, 5.41) is 0. The molecule has 1 nitrogen and oxygen atoms in total. The normalized spacial score (nSPS) is 25.8. The van der Waals surface area contributed by atoms with Crippen LogP contribution in [0.25, 0.3) is 0 Å². The molecular formula is C19H24O. The predicted molar refractivity (Wildman–Crippen MR) is 84.6 cm³/mol. The molecule has 1 heteroatoms. The van der Waals surface area contributed by atoms with Crippen LogP contribution in [0, 0.1) is 11.8 Å². The first kappa shape index (κ1) is 14.8. The van der Waals surface area contributed by atoms with Gasteiger partial charge in [-0.2, -0.15) is 0 Å². The summed E-state index contributed by atoms with van der Waals surface area (Å²) >= 11 is 0. The lowest BCUT2D eigenvalue weighted by Gasteiger charge is -2.34. The van der Waals surface area contributed by atoms with Gasteiger partial charge in [-0.3, -0.25) is 0 Å². The number of rotatable bonds is 4. The second-order valence-corrected chi connectivity index (χ2v) is 6.04. The molecule has 0 saturated heterocycles. The quantitative estimate of drug-likeness (QED) is 0.560. The van der Waals surface area contributed by atoms with E-state index in [1.165, 1.54) is 23.0 Å². The molecule has 0 bridgehead atoms. The third-order valence-electron chi connectivity index (χ3n) is 4.37. The molecule has 0 amide bonds. The Hall–Kier alpha value is -1.63. The molecule has 2 rings (SSSR count). The van der Waals surface area contributed by atoms with E-state index in [2.05, 4.69) is 57.2 Å². The minimum Gasteiger partial charge on any atom is -0.303 e. The molecule has 0 N–H and O–H groups in total. The lowest BCUT2D eigenvalue weighted by molar-refractivity contribution is -0.113. The van der Waals surface area contributed by atoms with Gasteiger partial charge in [-0.05, 0) is 51.0 Å². The highest BCUT2D eigenvalue weighted by atomic mass is 16.1. The van der Waals surface area contributed by atoms with E-state index >= 15 is 0 Å². The highest BCUT2D eigenvalue weighted by Crippen LogP contribution is 2.41. The first-order chi connectivity index (χ1) is 9.63. The molecule has 1 aromatic rings. The summed E-state index contributed by atoms with van der Waals surface area (Å²) in [7, 11) is 0. The van der Waals surface area contributed by atoms with Gasteiger partial charge >= 0.3 is 0 Å². The van der Waals surface area contributed by atoms with Crippen LogP contribution in [0.2, 0.25) is 0 Å². The Morgan fingerprint density at radius 2 is 1.95 bits per heavy atom. The van der Waals surface area contributed by atoms with Gasteiger partial charge in [0.15, 0.2) is 0 Å². The van der Waals surface area contributed by atoms with Crippen LogP contribution in [0.5, 0.6) is 0 Å². The minimum atomic E-state index is 0.0954. The highest BCUT2D eigenvalue weighted by Gasteiger charge is 2.33. The van der Waals surface area contributed by atoms with Crippen molar-refractivity contribution in [1.29, 1.82) is 0 Å². The van der Waals surface area contributed by atoms with Crippen molar-refractivity contribution in [3.8, 4) is 0 Å². The van der Waals surface area contributed by atoms with Gasteiger partial charge in [-0.15, -0.1) is 0 Å². The van der Waals surface area contributed by atoms with Crippen molar-refractivity contribution >= 4 is 6.29 Å². The average Bonchev–Trinajstić information content (AvgIpc) is 2.46. The summed E-state index contributed by atoms with van der Waals surface area (Å²) in [5.41, 5.74) is 3.98. The maximum absolute atomic E-state index is 11.7. The molecule has 1 aliphatic rings. The van der Waals surface area contributed by atoms with Crippen LogP contribution in [0.4, 0.5) is 0 Å². The first-order valence-corrected chi connectivity index (χ1v) is 7.43. The predicted octanol–water partition coefficient (Wildman–Crippen LogP) is 4.91. The maximum atomic E-state index is 11.7. The standard InChI is InChI=1S/C19H24O/c1-14(2)9-11-17-15(3)10-12-18(19(17)13-20)16-7-5-4-6-8-16/h4-10,13,17-19H,11-12H2,1-3H3. The van der Waals surface area contributed by atoms with Gasteiger partial charge in [0.25, 0.3) is 0 Å². The molecule has 0 radical (unpaired) electrons. The number of carbonyl (C=O) groups excluding carboxylic acids is 1. The summed E-state index contributed by atoms with van der Waals surface area (Å²) in [6, 6.07) is 10.5. The number of carbonyl (C=O) groups is 1. The summed E-state index contributed by atoms with van der Waals surface area (Å²) in [4.78, 5) is 11.7. The van der Waals surface area contributed by atoms with E-state index in [1.54, 1.807) is 0 Å². The fraction of sp³-hybridized carbons (Fsp3) is 0.421. The molecule has 0 saturated carbocycles. The molecule has 3 unspecified atom stereocenters. The van der Waals surface area contributed by atoms with Gasteiger partial charge in [0.2, 0.25) is 0 Å². The van der Waals surface area contributed by atoms with Crippen molar-refractivity contribution < 1.29 is 4.79 Å². The SMILES string of the molecule is CC(C)=CCC1C(C)=CCC(c2ccccc2)C1C=O. The minimum absolute atomic E-state index is 0.0954. The monoisotopic (exact) mass is 268 g/mol. The van der Waals surface area contributed by atoms with Gasteiger partial charge in [-0.1, -0.05) is 53.6 Å². The van der Waals surface area contributed by atoms with Crippen molar-refractivity contribution in [2.24, 2.45) is 11.8 Å². The van der Waals surface area contributed by atoms with Gasteiger partial charge < -0.3 is 4.79 Å². The molecule has 20 heavy (non-hydrogen) atoms. The van der Waals surface area contributed by atoms with E-state index in [9.17, 15) is 4.79 Å². The zero-order valence-corrected chi connectivity index (χ0v) is 12.7. The summed E-state index contributed by atoms with van der Waals surface area (Å²) in [6.07, 6.45) is 7.70. The summed E-state index contributed by atoms with van der Waals surface area (Å²) in [6.45, 7) is 6.40. The first-order valence-electron chi connectivity index (χ1n) is 7.43. The van der Waals surface area contributed by atoms with E-state index < -0.39 is 0 Å². The molecule has 0 aromatic heterocycles. The largest absolute Gasteiger partial charge is 0.303 e. The molecule has 1 aromatic carbocycles. The summed E-state index contributed by atoms with van der Waals surface area (Å²) < 4.78 is 0. The van der Waals surface area contributed by atoms with E-state index in [0.717, 1.165) is 12.8 Å². The van der Waals surface area contributed by atoms with Crippen molar-refractivity contribution in [2.45, 2.75) is 39.5 Å². The van der Waals surface area contributed by atoms with Crippen LogP contribution in [0.3, 0.4) is 0 Å². The van der Waals surface area contributed by atoms with Crippen LogP contribution >= 0.6 is 0 Å². The molecule has 0 aliphatic heterocycles. The molecule has 0 heterocycles. The van der Waals surface area contributed by atoms with Crippen molar-refractivity contribution in [2.75, 3.05) is 0 Å². The Morgan fingerprint density at radius 3 is 2.55 bits per heavy atom. The van der Waals surface area contributed by atoms with E-state index in [4.69, 9.17) is 0 Å². The Morgan fingerprint density at radius 1 is 1.25 bits per heavy atom. The molecule has 1 aliphatic carbocycles. The second-order valence-electron chi connectivity index (χ2n) is 6.04. The van der Waals surface area contributed by atoms with E-state index in [-0.39, 0.29) is 5.92 Å². The molecule has 3 atom stereocenters. The zero-order chi connectivity index (χ0) is 14.5. The number of allylic oxidation sites excluding steroid dienone is 4. The van der Waals surface area contributed by atoms with E-state index in [1.807, 2.05) is 6.07 Å². The van der Waals surface area contributed by atoms with Crippen LogP contribution in [0.15, 0.2) is 53.6 Å². The topological polar surface area (TPSA) is 17.1 Å². The van der Waals surface area contributed by atoms with Crippen LogP contribution in [-0.2, 0) is 4.79 Å². The maximum Gasteiger partial charge on any atom is 0.124 e. The second kappa shape index (κ2) is 6.69. The Bertz CT molecular complexity index is 506. The van der Waals surface area contributed by atoms with Gasteiger partial charge in [0.05, 0.1) is 0 Å². The Kier molecular flexibility index (Phi) is 4.94. The lowest BCUT2D eigenvalue weighted by atomic mass is 9.69. The smallest absolute Gasteiger partial charge is 0.124 e. The third-order valence-corrected chi connectivity index (χ3v) is 4.37.